The van der Waals surface area contributed by atoms with E-state index in [9.17, 15) is 17.2 Å². The van der Waals surface area contributed by atoms with Crippen molar-refractivity contribution in [2.75, 3.05) is 13.1 Å². The molecule has 2 N–H and O–H groups in total. The molecule has 0 atom stereocenters. The Morgan fingerprint density at radius 2 is 1.85 bits per heavy atom. The van der Waals surface area contributed by atoms with Crippen LogP contribution in [0.15, 0.2) is 17.0 Å². The Labute approximate surface area is 118 Å². The summed E-state index contributed by atoms with van der Waals surface area (Å²) in [5.74, 6) is 0. The summed E-state index contributed by atoms with van der Waals surface area (Å²) in [4.78, 5) is 0.0525. The van der Waals surface area contributed by atoms with Gasteiger partial charge in [0, 0.05) is 6.54 Å². The molecule has 0 heterocycles. The number of nitrogens with one attached hydrogen (secondary N) is 2. The largest absolute Gasteiger partial charge is 0.313 e. The maximum Gasteiger partial charge on any atom is 0.251 e. The lowest BCUT2D eigenvalue weighted by Crippen LogP contribution is -2.29. The third-order valence-corrected chi connectivity index (χ3v) is 4.48. The second kappa shape index (κ2) is 7.10. The highest BCUT2D eigenvalue weighted by molar-refractivity contribution is 7.89. The van der Waals surface area contributed by atoms with E-state index in [1.807, 2.05) is 18.6 Å². The average molecular weight is 306 g/mol. The number of rotatable bonds is 7. The molecule has 0 aliphatic rings. The standard InChI is InChI=1S/C13H20F2N2O2S/c1-4-16-7-11-6-12(10(3)5-9(11)2)20(18,19)17-8-13(14)15/h5-6,13,16-17H,4,7-8H2,1-3H3. The van der Waals surface area contributed by atoms with Crippen molar-refractivity contribution in [3.63, 3.8) is 0 Å². The van der Waals surface area contributed by atoms with Crippen molar-refractivity contribution in [1.82, 2.24) is 10.0 Å². The molecule has 1 aromatic rings. The van der Waals surface area contributed by atoms with Gasteiger partial charge in [-0.1, -0.05) is 13.0 Å². The first-order valence-corrected chi connectivity index (χ1v) is 7.85. The molecule has 0 aliphatic carbocycles. The van der Waals surface area contributed by atoms with E-state index < -0.39 is 23.0 Å². The zero-order chi connectivity index (χ0) is 15.3. The van der Waals surface area contributed by atoms with E-state index in [0.29, 0.717) is 12.1 Å². The van der Waals surface area contributed by atoms with E-state index in [-0.39, 0.29) is 4.90 Å². The normalized spacial score (nSPS) is 12.1. The number of aryl methyl sites for hydroxylation is 2. The quantitative estimate of drug-likeness (QED) is 0.809. The van der Waals surface area contributed by atoms with Gasteiger partial charge in [0.2, 0.25) is 10.0 Å². The van der Waals surface area contributed by atoms with Crippen LogP contribution in [-0.4, -0.2) is 27.9 Å². The fraction of sp³-hybridized carbons (Fsp3) is 0.538. The molecule has 0 fully saturated rings. The van der Waals surface area contributed by atoms with Crippen LogP contribution in [0.25, 0.3) is 0 Å². The third-order valence-electron chi connectivity index (χ3n) is 2.92. The summed E-state index contributed by atoms with van der Waals surface area (Å²) in [6, 6.07) is 3.30. The molecule has 0 amide bonds. The Morgan fingerprint density at radius 3 is 2.40 bits per heavy atom. The molecule has 0 bridgehead atoms. The van der Waals surface area contributed by atoms with Crippen molar-refractivity contribution in [2.24, 2.45) is 0 Å². The summed E-state index contributed by atoms with van der Waals surface area (Å²) in [7, 11) is -3.91. The van der Waals surface area contributed by atoms with Crippen LogP contribution < -0.4 is 10.0 Å². The lowest BCUT2D eigenvalue weighted by molar-refractivity contribution is 0.153. The Hall–Kier alpha value is -1.05. The summed E-state index contributed by atoms with van der Waals surface area (Å²) in [6.45, 7) is 5.92. The van der Waals surface area contributed by atoms with Gasteiger partial charge in [-0.25, -0.2) is 21.9 Å². The molecule has 0 aliphatic heterocycles. The minimum absolute atomic E-state index is 0.0525. The second-order valence-corrected chi connectivity index (χ2v) is 6.30. The monoisotopic (exact) mass is 306 g/mol. The zero-order valence-electron chi connectivity index (χ0n) is 11.8. The molecule has 1 rings (SSSR count). The smallest absolute Gasteiger partial charge is 0.251 e. The minimum Gasteiger partial charge on any atom is -0.313 e. The van der Waals surface area contributed by atoms with Crippen LogP contribution in [0.3, 0.4) is 0 Å². The molecular weight excluding hydrogens is 286 g/mol. The summed E-state index contributed by atoms with van der Waals surface area (Å²) >= 11 is 0. The van der Waals surface area contributed by atoms with Crippen LogP contribution in [-0.2, 0) is 16.6 Å². The number of hydrogen-bond acceptors (Lipinski definition) is 3. The first-order valence-electron chi connectivity index (χ1n) is 6.36. The average Bonchev–Trinajstić information content (AvgIpc) is 2.35. The van der Waals surface area contributed by atoms with Gasteiger partial charge in [-0.05, 0) is 43.1 Å². The molecule has 0 saturated carbocycles. The van der Waals surface area contributed by atoms with Gasteiger partial charge in [-0.15, -0.1) is 0 Å². The van der Waals surface area contributed by atoms with Gasteiger partial charge in [-0.3, -0.25) is 0 Å². The van der Waals surface area contributed by atoms with Crippen molar-refractivity contribution in [3.05, 3.63) is 28.8 Å². The van der Waals surface area contributed by atoms with Crippen molar-refractivity contribution in [2.45, 2.75) is 38.6 Å². The summed E-state index contributed by atoms with van der Waals surface area (Å²) in [5.41, 5.74) is 2.36. The summed E-state index contributed by atoms with van der Waals surface area (Å²) in [5, 5.41) is 3.12. The SMILES string of the molecule is CCNCc1cc(S(=O)(=O)NCC(F)F)c(C)cc1C. The molecule has 0 aromatic heterocycles. The van der Waals surface area contributed by atoms with Gasteiger partial charge >= 0.3 is 0 Å². The number of benzene rings is 1. The van der Waals surface area contributed by atoms with Gasteiger partial charge < -0.3 is 5.32 Å². The molecular formula is C13H20F2N2O2S. The van der Waals surface area contributed by atoms with Crippen LogP contribution >= 0.6 is 0 Å². The number of sulfonamides is 1. The summed E-state index contributed by atoms with van der Waals surface area (Å²) < 4.78 is 50.3. The molecule has 4 nitrogen and oxygen atoms in total. The van der Waals surface area contributed by atoms with Crippen molar-refractivity contribution in [1.29, 1.82) is 0 Å². The zero-order valence-corrected chi connectivity index (χ0v) is 12.7. The molecule has 7 heteroatoms. The molecule has 20 heavy (non-hydrogen) atoms. The van der Waals surface area contributed by atoms with Crippen molar-refractivity contribution >= 4 is 10.0 Å². The maximum atomic E-state index is 12.2. The van der Waals surface area contributed by atoms with Crippen LogP contribution in [0.4, 0.5) is 8.78 Å². The van der Waals surface area contributed by atoms with E-state index >= 15 is 0 Å². The first kappa shape index (κ1) is 17.0. The van der Waals surface area contributed by atoms with Crippen LogP contribution in [0.2, 0.25) is 0 Å². The molecule has 0 unspecified atom stereocenters. The van der Waals surface area contributed by atoms with Gasteiger partial charge in [0.15, 0.2) is 0 Å². The van der Waals surface area contributed by atoms with E-state index in [4.69, 9.17) is 0 Å². The third kappa shape index (κ3) is 4.50. The minimum atomic E-state index is -3.91. The Morgan fingerprint density at radius 1 is 1.20 bits per heavy atom. The van der Waals surface area contributed by atoms with Crippen LogP contribution in [0.1, 0.15) is 23.6 Å². The molecule has 0 radical (unpaired) electrons. The molecule has 0 spiro atoms. The molecule has 0 saturated heterocycles. The predicted molar refractivity (Wildman–Crippen MR) is 74.5 cm³/mol. The van der Waals surface area contributed by atoms with Gasteiger partial charge in [0.1, 0.15) is 0 Å². The van der Waals surface area contributed by atoms with Gasteiger partial charge in [-0.2, -0.15) is 0 Å². The highest BCUT2D eigenvalue weighted by Gasteiger charge is 2.19. The van der Waals surface area contributed by atoms with Crippen LogP contribution in [0, 0.1) is 13.8 Å². The lowest BCUT2D eigenvalue weighted by Gasteiger charge is -2.13. The molecule has 114 valence electrons. The van der Waals surface area contributed by atoms with Crippen molar-refractivity contribution < 1.29 is 17.2 Å². The van der Waals surface area contributed by atoms with Crippen molar-refractivity contribution in [3.8, 4) is 0 Å². The number of alkyl halides is 2. The highest BCUT2D eigenvalue weighted by atomic mass is 32.2. The summed E-state index contributed by atoms with van der Waals surface area (Å²) in [6.07, 6.45) is -2.71. The van der Waals surface area contributed by atoms with Gasteiger partial charge in [0.05, 0.1) is 11.4 Å². The highest BCUT2D eigenvalue weighted by Crippen LogP contribution is 2.20. The fourth-order valence-electron chi connectivity index (χ4n) is 1.86. The first-order chi connectivity index (χ1) is 9.27. The maximum absolute atomic E-state index is 12.2. The second-order valence-electron chi connectivity index (χ2n) is 4.57. The van der Waals surface area contributed by atoms with E-state index in [2.05, 4.69) is 5.32 Å². The Bertz CT molecular complexity index is 560. The topological polar surface area (TPSA) is 58.2 Å². The predicted octanol–water partition coefficient (Wildman–Crippen LogP) is 1.96. The van der Waals surface area contributed by atoms with Gasteiger partial charge in [0.25, 0.3) is 6.43 Å². The Kier molecular flexibility index (Phi) is 6.04. The van der Waals surface area contributed by atoms with E-state index in [1.165, 1.54) is 0 Å². The van der Waals surface area contributed by atoms with E-state index in [0.717, 1.165) is 17.7 Å². The Balaban J connectivity index is 3.10. The van der Waals surface area contributed by atoms with E-state index in [1.54, 1.807) is 19.1 Å². The number of halogens is 2. The van der Waals surface area contributed by atoms with Crippen LogP contribution in [0.5, 0.6) is 0 Å². The number of hydrogen-bond donors (Lipinski definition) is 2. The fourth-order valence-corrected chi connectivity index (χ4v) is 3.15. The lowest BCUT2D eigenvalue weighted by atomic mass is 10.1. The molecule has 1 aromatic carbocycles.